The molecule has 0 amide bonds. The summed E-state index contributed by atoms with van der Waals surface area (Å²) < 4.78 is 11.9. The molecule has 0 saturated carbocycles. The van der Waals surface area contributed by atoms with E-state index in [1.807, 2.05) is 60.7 Å². The van der Waals surface area contributed by atoms with Gasteiger partial charge in [-0.15, -0.1) is 0 Å². The monoisotopic (exact) mass is 406 g/mol. The minimum atomic E-state index is 0.831. The third-order valence-corrected chi connectivity index (χ3v) is 5.28. The predicted octanol–water partition coefficient (Wildman–Crippen LogP) is 7.36. The van der Waals surface area contributed by atoms with Gasteiger partial charge < -0.3 is 9.15 Å². The number of methoxy groups -OCH3 is 1. The Balaban J connectivity index is 1.90. The van der Waals surface area contributed by atoms with Gasteiger partial charge in [0, 0.05) is 22.3 Å². The Morgan fingerprint density at radius 2 is 1.39 bits per heavy atom. The van der Waals surface area contributed by atoms with Crippen molar-refractivity contribution >= 4 is 0 Å². The zero-order valence-electron chi connectivity index (χ0n) is 18.0. The van der Waals surface area contributed by atoms with Crippen LogP contribution in [0.1, 0.15) is 36.5 Å². The second-order valence-corrected chi connectivity index (χ2v) is 7.43. The fraction of sp³-hybridized carbons (Fsp3) is 0.172. The summed E-state index contributed by atoms with van der Waals surface area (Å²) in [6, 6.07) is 28.4. The molecule has 154 valence electrons. The summed E-state index contributed by atoms with van der Waals surface area (Å²) in [5.41, 5.74) is 5.23. The lowest BCUT2D eigenvalue weighted by atomic mass is 9.97. The van der Waals surface area contributed by atoms with Crippen molar-refractivity contribution in [3.05, 3.63) is 102 Å². The van der Waals surface area contributed by atoms with E-state index < -0.39 is 0 Å². The maximum absolute atomic E-state index is 6.53. The normalized spacial score (nSPS) is 10.4. The highest BCUT2D eigenvalue weighted by molar-refractivity contribution is 5.76. The van der Waals surface area contributed by atoms with Crippen LogP contribution in [0, 0.1) is 11.8 Å². The molecule has 0 bridgehead atoms. The lowest BCUT2D eigenvalue weighted by Gasteiger charge is -2.04. The van der Waals surface area contributed by atoms with E-state index in [0.717, 1.165) is 58.8 Å². The average molecular weight is 407 g/mol. The molecule has 0 atom stereocenters. The van der Waals surface area contributed by atoms with Crippen molar-refractivity contribution in [1.82, 2.24) is 0 Å². The van der Waals surface area contributed by atoms with E-state index in [1.165, 1.54) is 5.56 Å². The van der Waals surface area contributed by atoms with Crippen molar-refractivity contribution in [3.8, 4) is 40.2 Å². The first-order chi connectivity index (χ1) is 15.3. The average Bonchev–Trinajstić information content (AvgIpc) is 3.21. The minimum absolute atomic E-state index is 0.831. The van der Waals surface area contributed by atoms with Crippen LogP contribution in [0.15, 0.2) is 89.3 Å². The molecule has 0 N–H and O–H groups in total. The number of ether oxygens (including phenoxy) is 1. The highest BCUT2D eigenvalue weighted by atomic mass is 16.5. The van der Waals surface area contributed by atoms with Crippen LogP contribution in [0.5, 0.6) is 5.75 Å². The van der Waals surface area contributed by atoms with E-state index in [-0.39, 0.29) is 0 Å². The van der Waals surface area contributed by atoms with Crippen molar-refractivity contribution in [3.63, 3.8) is 0 Å². The molecular weight excluding hydrogens is 380 g/mol. The largest absolute Gasteiger partial charge is 0.497 e. The smallest absolute Gasteiger partial charge is 0.150 e. The van der Waals surface area contributed by atoms with Gasteiger partial charge in [-0.2, -0.15) is 0 Å². The second kappa shape index (κ2) is 9.87. The Morgan fingerprint density at radius 3 is 2.03 bits per heavy atom. The zero-order valence-corrected chi connectivity index (χ0v) is 18.0. The fourth-order valence-electron chi connectivity index (χ4n) is 3.61. The molecule has 2 heteroatoms. The topological polar surface area (TPSA) is 22.4 Å². The summed E-state index contributed by atoms with van der Waals surface area (Å²) in [6.45, 7) is 2.21. The van der Waals surface area contributed by atoms with Gasteiger partial charge in [-0.05, 0) is 49.2 Å². The van der Waals surface area contributed by atoms with Crippen LogP contribution < -0.4 is 4.74 Å². The van der Waals surface area contributed by atoms with Crippen LogP contribution in [-0.4, -0.2) is 7.11 Å². The predicted molar refractivity (Wildman–Crippen MR) is 127 cm³/mol. The molecular formula is C29H26O2. The summed E-state index contributed by atoms with van der Waals surface area (Å²) >= 11 is 0. The van der Waals surface area contributed by atoms with Crippen LogP contribution >= 0.6 is 0 Å². The highest BCUT2D eigenvalue weighted by Crippen LogP contribution is 2.38. The van der Waals surface area contributed by atoms with Gasteiger partial charge in [-0.3, -0.25) is 0 Å². The quantitative estimate of drug-likeness (QED) is 0.312. The van der Waals surface area contributed by atoms with Gasteiger partial charge in [0.15, 0.2) is 5.76 Å². The molecule has 1 aromatic heterocycles. The number of hydrogen-bond donors (Lipinski definition) is 0. The molecule has 0 unspecified atom stereocenters. The van der Waals surface area contributed by atoms with Crippen LogP contribution in [-0.2, 0) is 6.42 Å². The van der Waals surface area contributed by atoms with Crippen LogP contribution in [0.4, 0.5) is 0 Å². The summed E-state index contributed by atoms with van der Waals surface area (Å²) in [5.74, 6) is 9.35. The molecule has 2 nitrogen and oxygen atoms in total. The van der Waals surface area contributed by atoms with E-state index in [2.05, 4.69) is 43.0 Å². The molecule has 4 rings (SSSR count). The van der Waals surface area contributed by atoms with E-state index in [9.17, 15) is 0 Å². The molecule has 0 spiro atoms. The number of benzene rings is 3. The Morgan fingerprint density at radius 1 is 0.742 bits per heavy atom. The number of hydrogen-bond acceptors (Lipinski definition) is 2. The molecule has 0 aliphatic rings. The SMILES string of the molecule is CCCCc1c(-c2ccc(OC)cc2)oc(-c2ccccc2)c1C#Cc1ccccc1. The fourth-order valence-corrected chi connectivity index (χ4v) is 3.61. The van der Waals surface area contributed by atoms with Gasteiger partial charge in [0.05, 0.1) is 12.7 Å². The molecule has 0 saturated heterocycles. The molecule has 0 radical (unpaired) electrons. The van der Waals surface area contributed by atoms with Gasteiger partial charge in [-0.1, -0.05) is 73.7 Å². The summed E-state index contributed by atoms with van der Waals surface area (Å²) in [6.07, 6.45) is 3.11. The van der Waals surface area contributed by atoms with Crippen molar-refractivity contribution in [1.29, 1.82) is 0 Å². The third kappa shape index (κ3) is 4.73. The van der Waals surface area contributed by atoms with Crippen LogP contribution in [0.25, 0.3) is 22.6 Å². The molecule has 1 heterocycles. The highest BCUT2D eigenvalue weighted by Gasteiger charge is 2.21. The van der Waals surface area contributed by atoms with E-state index in [1.54, 1.807) is 7.11 Å². The number of rotatable bonds is 6. The molecule has 0 fully saturated rings. The number of unbranched alkanes of at least 4 members (excludes halogenated alkanes) is 1. The van der Waals surface area contributed by atoms with Crippen molar-refractivity contribution < 1.29 is 9.15 Å². The van der Waals surface area contributed by atoms with Gasteiger partial charge in [0.1, 0.15) is 11.5 Å². The number of furan rings is 1. The van der Waals surface area contributed by atoms with Gasteiger partial charge in [0.2, 0.25) is 0 Å². The van der Waals surface area contributed by atoms with Gasteiger partial charge in [0.25, 0.3) is 0 Å². The van der Waals surface area contributed by atoms with E-state index in [0.29, 0.717) is 0 Å². The summed E-state index contributed by atoms with van der Waals surface area (Å²) in [5, 5.41) is 0. The Kier molecular flexibility index (Phi) is 6.55. The summed E-state index contributed by atoms with van der Waals surface area (Å²) in [4.78, 5) is 0. The summed E-state index contributed by atoms with van der Waals surface area (Å²) in [7, 11) is 1.68. The second-order valence-electron chi connectivity index (χ2n) is 7.43. The lowest BCUT2D eigenvalue weighted by molar-refractivity contribution is 0.415. The Labute approximate surface area is 184 Å². The molecule has 4 aromatic rings. The van der Waals surface area contributed by atoms with Crippen molar-refractivity contribution in [2.75, 3.05) is 7.11 Å². The van der Waals surface area contributed by atoms with Crippen LogP contribution in [0.3, 0.4) is 0 Å². The minimum Gasteiger partial charge on any atom is -0.497 e. The third-order valence-electron chi connectivity index (χ3n) is 5.28. The van der Waals surface area contributed by atoms with Crippen molar-refractivity contribution in [2.24, 2.45) is 0 Å². The maximum atomic E-state index is 6.53. The van der Waals surface area contributed by atoms with Gasteiger partial charge >= 0.3 is 0 Å². The first-order valence-electron chi connectivity index (χ1n) is 10.7. The first kappa shape index (κ1) is 20.6. The van der Waals surface area contributed by atoms with E-state index >= 15 is 0 Å². The molecule has 3 aromatic carbocycles. The molecule has 31 heavy (non-hydrogen) atoms. The van der Waals surface area contributed by atoms with E-state index in [4.69, 9.17) is 9.15 Å². The van der Waals surface area contributed by atoms with Gasteiger partial charge in [-0.25, -0.2) is 0 Å². The lowest BCUT2D eigenvalue weighted by Crippen LogP contribution is -1.91. The standard InChI is InChI=1S/C29H26O2/c1-3-4-15-26-27(21-16-22-11-7-5-8-12-22)28(23-13-9-6-10-14-23)31-29(26)24-17-19-25(30-2)20-18-24/h5-14,17-20H,3-4,15H2,1-2H3. The Bertz CT molecular complexity index is 1170. The molecule has 0 aliphatic heterocycles. The van der Waals surface area contributed by atoms with Crippen LogP contribution in [0.2, 0.25) is 0 Å². The first-order valence-corrected chi connectivity index (χ1v) is 10.7. The molecule has 0 aliphatic carbocycles. The maximum Gasteiger partial charge on any atom is 0.150 e. The van der Waals surface area contributed by atoms with Crippen molar-refractivity contribution in [2.45, 2.75) is 26.2 Å². The zero-order chi connectivity index (χ0) is 21.5. The Hall–Kier alpha value is -3.70.